The fourth-order valence-electron chi connectivity index (χ4n) is 1.93. The second-order valence-corrected chi connectivity index (χ2v) is 6.98. The molecular weight excluding hydrogens is 258 g/mol. The molecule has 5 nitrogen and oxygen atoms in total. The van der Waals surface area contributed by atoms with Crippen LogP contribution in [0.2, 0.25) is 0 Å². The van der Waals surface area contributed by atoms with Gasteiger partial charge < -0.3 is 5.73 Å². The number of rotatable bonds is 5. The standard InChI is InChI=1S/C10H21N3O2S2/c1-9(2)13(8-10(11)16)17(14,15)12-6-4-3-5-7-12/h9H,3-8H2,1-2H3,(H2,11,16). The molecule has 7 heteroatoms. The fourth-order valence-corrected chi connectivity index (χ4v) is 4.00. The van der Waals surface area contributed by atoms with E-state index >= 15 is 0 Å². The summed E-state index contributed by atoms with van der Waals surface area (Å²) in [5, 5.41) is 0. The van der Waals surface area contributed by atoms with Crippen molar-refractivity contribution < 1.29 is 8.42 Å². The topological polar surface area (TPSA) is 66.6 Å². The molecule has 1 heterocycles. The Morgan fingerprint density at radius 1 is 1.35 bits per heavy atom. The van der Waals surface area contributed by atoms with Crippen molar-refractivity contribution in [2.24, 2.45) is 5.73 Å². The molecule has 0 aromatic carbocycles. The number of nitrogens with zero attached hydrogens (tertiary/aromatic N) is 2. The summed E-state index contributed by atoms with van der Waals surface area (Å²) in [5.74, 6) is 0. The van der Waals surface area contributed by atoms with E-state index in [0.717, 1.165) is 19.3 Å². The van der Waals surface area contributed by atoms with Crippen LogP contribution < -0.4 is 5.73 Å². The summed E-state index contributed by atoms with van der Waals surface area (Å²) in [6.07, 6.45) is 2.96. The van der Waals surface area contributed by atoms with Crippen LogP contribution in [-0.4, -0.2) is 47.7 Å². The first-order valence-corrected chi connectivity index (χ1v) is 7.71. The van der Waals surface area contributed by atoms with Crippen LogP contribution in [0, 0.1) is 0 Å². The molecule has 1 aliphatic heterocycles. The zero-order valence-corrected chi connectivity index (χ0v) is 12.1. The quantitative estimate of drug-likeness (QED) is 0.753. The molecule has 0 atom stereocenters. The SMILES string of the molecule is CC(C)N(CC(N)=S)S(=O)(=O)N1CCCCC1. The molecule has 0 aliphatic carbocycles. The van der Waals surface area contributed by atoms with Crippen molar-refractivity contribution in [3.63, 3.8) is 0 Å². The van der Waals surface area contributed by atoms with Gasteiger partial charge in [0.2, 0.25) is 0 Å². The average Bonchev–Trinajstić information content (AvgIpc) is 2.26. The maximum atomic E-state index is 12.4. The highest BCUT2D eigenvalue weighted by molar-refractivity contribution is 7.87. The molecule has 17 heavy (non-hydrogen) atoms. The van der Waals surface area contributed by atoms with Crippen molar-refractivity contribution in [1.29, 1.82) is 0 Å². The van der Waals surface area contributed by atoms with Gasteiger partial charge in [-0.25, -0.2) is 0 Å². The van der Waals surface area contributed by atoms with E-state index in [4.69, 9.17) is 18.0 Å². The van der Waals surface area contributed by atoms with Gasteiger partial charge in [-0.3, -0.25) is 0 Å². The van der Waals surface area contributed by atoms with Crippen LogP contribution in [0.25, 0.3) is 0 Å². The zero-order chi connectivity index (χ0) is 13.1. The smallest absolute Gasteiger partial charge is 0.282 e. The summed E-state index contributed by atoms with van der Waals surface area (Å²) in [6.45, 7) is 4.98. The van der Waals surface area contributed by atoms with Crippen LogP contribution in [-0.2, 0) is 10.2 Å². The van der Waals surface area contributed by atoms with E-state index in [9.17, 15) is 8.42 Å². The first-order chi connectivity index (χ1) is 7.85. The van der Waals surface area contributed by atoms with Gasteiger partial charge in [0.15, 0.2) is 0 Å². The van der Waals surface area contributed by atoms with Gasteiger partial charge in [0.05, 0.1) is 11.5 Å². The van der Waals surface area contributed by atoms with Crippen LogP contribution in [0.1, 0.15) is 33.1 Å². The normalized spacial score (nSPS) is 18.8. The van der Waals surface area contributed by atoms with Gasteiger partial charge in [-0.15, -0.1) is 0 Å². The van der Waals surface area contributed by atoms with Gasteiger partial charge in [0.25, 0.3) is 10.2 Å². The minimum atomic E-state index is -3.42. The van der Waals surface area contributed by atoms with Crippen LogP contribution in [0.4, 0.5) is 0 Å². The number of nitrogens with two attached hydrogens (primary N) is 1. The molecule has 0 amide bonds. The fraction of sp³-hybridized carbons (Fsp3) is 0.900. The molecule has 0 unspecified atom stereocenters. The highest BCUT2D eigenvalue weighted by Gasteiger charge is 2.32. The van der Waals surface area contributed by atoms with Gasteiger partial charge in [0, 0.05) is 19.1 Å². The lowest BCUT2D eigenvalue weighted by molar-refractivity contribution is 0.295. The van der Waals surface area contributed by atoms with E-state index in [2.05, 4.69) is 0 Å². The van der Waals surface area contributed by atoms with E-state index in [0.29, 0.717) is 13.1 Å². The monoisotopic (exact) mass is 279 g/mol. The molecule has 0 aromatic rings. The molecule has 1 fully saturated rings. The lowest BCUT2D eigenvalue weighted by atomic mass is 10.2. The molecular formula is C10H21N3O2S2. The summed E-state index contributed by atoms with van der Waals surface area (Å²) in [5.41, 5.74) is 5.46. The maximum absolute atomic E-state index is 12.4. The van der Waals surface area contributed by atoms with Crippen molar-refractivity contribution in [2.75, 3.05) is 19.6 Å². The first kappa shape index (κ1) is 14.8. The Kier molecular flexibility index (Phi) is 5.30. The second kappa shape index (κ2) is 6.08. The third-order valence-corrected chi connectivity index (χ3v) is 5.12. The largest absolute Gasteiger partial charge is 0.392 e. The predicted molar refractivity (Wildman–Crippen MR) is 73.0 cm³/mol. The summed E-state index contributed by atoms with van der Waals surface area (Å²) in [7, 11) is -3.42. The van der Waals surface area contributed by atoms with E-state index in [-0.39, 0.29) is 17.6 Å². The predicted octanol–water partition coefficient (Wildman–Crippen LogP) is 0.714. The molecule has 0 aromatic heterocycles. The minimum Gasteiger partial charge on any atom is -0.392 e. The van der Waals surface area contributed by atoms with E-state index in [1.54, 1.807) is 0 Å². The Hall–Kier alpha value is -0.240. The third-order valence-electron chi connectivity index (χ3n) is 2.83. The van der Waals surface area contributed by atoms with Gasteiger partial charge in [-0.1, -0.05) is 18.6 Å². The van der Waals surface area contributed by atoms with Gasteiger partial charge in [-0.2, -0.15) is 17.0 Å². The molecule has 100 valence electrons. The van der Waals surface area contributed by atoms with Crippen molar-refractivity contribution in [2.45, 2.75) is 39.2 Å². The summed E-state index contributed by atoms with van der Waals surface area (Å²) < 4.78 is 27.7. The van der Waals surface area contributed by atoms with Crippen LogP contribution in [0.15, 0.2) is 0 Å². The maximum Gasteiger partial charge on any atom is 0.282 e. The number of piperidine rings is 1. The summed E-state index contributed by atoms with van der Waals surface area (Å²) in [6, 6.07) is -0.136. The van der Waals surface area contributed by atoms with E-state index < -0.39 is 10.2 Å². The molecule has 1 rings (SSSR count). The minimum absolute atomic E-state index is 0.117. The van der Waals surface area contributed by atoms with Gasteiger partial charge in [0.1, 0.15) is 0 Å². The Bertz CT molecular complexity index is 362. The summed E-state index contributed by atoms with van der Waals surface area (Å²) >= 11 is 4.81. The highest BCUT2D eigenvalue weighted by Crippen LogP contribution is 2.18. The van der Waals surface area contributed by atoms with Crippen molar-refractivity contribution in [1.82, 2.24) is 8.61 Å². The van der Waals surface area contributed by atoms with Crippen molar-refractivity contribution in [3.8, 4) is 0 Å². The Labute approximate surface area is 109 Å². The van der Waals surface area contributed by atoms with Gasteiger partial charge >= 0.3 is 0 Å². The molecule has 2 N–H and O–H groups in total. The van der Waals surface area contributed by atoms with Crippen LogP contribution in [0.3, 0.4) is 0 Å². The third kappa shape index (κ3) is 3.87. The van der Waals surface area contributed by atoms with Crippen LogP contribution >= 0.6 is 12.2 Å². The molecule has 0 saturated carbocycles. The molecule has 0 spiro atoms. The average molecular weight is 279 g/mol. The molecule has 0 bridgehead atoms. The van der Waals surface area contributed by atoms with E-state index in [1.165, 1.54) is 8.61 Å². The zero-order valence-electron chi connectivity index (χ0n) is 10.4. The Balaban J connectivity index is 2.86. The Morgan fingerprint density at radius 3 is 2.29 bits per heavy atom. The Morgan fingerprint density at radius 2 is 1.88 bits per heavy atom. The van der Waals surface area contributed by atoms with Crippen molar-refractivity contribution >= 4 is 27.4 Å². The second-order valence-electron chi connectivity index (χ2n) is 4.57. The van der Waals surface area contributed by atoms with Crippen LogP contribution in [0.5, 0.6) is 0 Å². The van der Waals surface area contributed by atoms with Crippen molar-refractivity contribution in [3.05, 3.63) is 0 Å². The first-order valence-electron chi connectivity index (χ1n) is 5.91. The van der Waals surface area contributed by atoms with E-state index in [1.807, 2.05) is 13.8 Å². The number of hydrogen-bond acceptors (Lipinski definition) is 3. The number of hydrogen-bond donors (Lipinski definition) is 1. The lowest BCUT2D eigenvalue weighted by Crippen LogP contribution is -2.50. The molecule has 1 aliphatic rings. The molecule has 0 radical (unpaired) electrons. The highest BCUT2D eigenvalue weighted by atomic mass is 32.2. The number of thiocarbonyl (C=S) groups is 1. The van der Waals surface area contributed by atoms with Gasteiger partial charge in [-0.05, 0) is 26.7 Å². The lowest BCUT2D eigenvalue weighted by Gasteiger charge is -2.33. The molecule has 1 saturated heterocycles. The summed E-state index contributed by atoms with van der Waals surface area (Å²) in [4.78, 5) is 0.208.